The summed E-state index contributed by atoms with van der Waals surface area (Å²) in [6.45, 7) is 4.26. The van der Waals surface area contributed by atoms with E-state index in [1.807, 2.05) is 35.7 Å². The first-order valence-electron chi connectivity index (χ1n) is 6.73. The van der Waals surface area contributed by atoms with E-state index in [2.05, 4.69) is 19.9 Å². The van der Waals surface area contributed by atoms with Crippen LogP contribution in [0.3, 0.4) is 0 Å². The average Bonchev–Trinajstić information content (AvgIpc) is 2.46. The fraction of sp³-hybridized carbons (Fsp3) is 0.600. The minimum absolute atomic E-state index is 0.263. The van der Waals surface area contributed by atoms with Crippen LogP contribution in [0.25, 0.3) is 0 Å². The molecule has 1 N–H and O–H groups in total. The van der Waals surface area contributed by atoms with E-state index >= 15 is 0 Å². The molecule has 0 spiro atoms. The highest BCUT2D eigenvalue weighted by molar-refractivity contribution is 8.07. The summed E-state index contributed by atoms with van der Waals surface area (Å²) in [6, 6.07) is 6.03. The Balaban J connectivity index is 2.26. The lowest BCUT2D eigenvalue weighted by atomic mass is 10.00. The average molecular weight is 298 g/mol. The van der Waals surface area contributed by atoms with Gasteiger partial charge >= 0.3 is 0 Å². The predicted molar refractivity (Wildman–Crippen MR) is 85.5 cm³/mol. The van der Waals surface area contributed by atoms with Crippen molar-refractivity contribution in [3.8, 4) is 5.75 Å². The van der Waals surface area contributed by atoms with Crippen molar-refractivity contribution in [3.05, 3.63) is 29.3 Å². The highest BCUT2D eigenvalue weighted by Gasteiger charge is 2.33. The third-order valence-electron chi connectivity index (χ3n) is 3.51. The number of thioether (sulfide) groups is 2. The fourth-order valence-corrected chi connectivity index (χ4v) is 5.62. The lowest BCUT2D eigenvalue weighted by Gasteiger charge is -2.34. The summed E-state index contributed by atoms with van der Waals surface area (Å²) in [4.78, 5) is 0. The van der Waals surface area contributed by atoms with E-state index in [0.29, 0.717) is 5.25 Å². The molecule has 1 fully saturated rings. The van der Waals surface area contributed by atoms with E-state index in [0.717, 1.165) is 29.1 Å². The summed E-state index contributed by atoms with van der Waals surface area (Å²) in [6.07, 6.45) is 0.658. The molecule has 2 rings (SSSR count). The summed E-state index contributed by atoms with van der Waals surface area (Å²) in [7, 11) is 1.67. The maximum Gasteiger partial charge on any atom is 0.124 e. The van der Waals surface area contributed by atoms with E-state index in [1.54, 1.807) is 7.11 Å². The van der Waals surface area contributed by atoms with E-state index in [4.69, 9.17) is 4.74 Å². The topological polar surface area (TPSA) is 29.5 Å². The minimum atomic E-state index is -0.447. The molecule has 0 radical (unpaired) electrons. The van der Waals surface area contributed by atoms with Gasteiger partial charge in [0.05, 0.1) is 13.2 Å². The molecule has 0 aromatic heterocycles. The number of aliphatic hydroxyl groups is 1. The number of rotatable bonds is 4. The molecule has 19 heavy (non-hydrogen) atoms. The van der Waals surface area contributed by atoms with Crippen LogP contribution in [0, 0.1) is 6.92 Å². The number of aliphatic hydroxyl groups excluding tert-OH is 1. The highest BCUT2D eigenvalue weighted by atomic mass is 32.2. The first-order valence-corrected chi connectivity index (χ1v) is 8.83. The Labute approximate surface area is 124 Å². The molecule has 3 atom stereocenters. The maximum absolute atomic E-state index is 10.8. The van der Waals surface area contributed by atoms with Gasteiger partial charge in [0.25, 0.3) is 0 Å². The molecule has 0 saturated carbocycles. The zero-order valence-electron chi connectivity index (χ0n) is 11.8. The summed E-state index contributed by atoms with van der Waals surface area (Å²) in [5.74, 6) is 3.11. The van der Waals surface area contributed by atoms with E-state index < -0.39 is 6.10 Å². The maximum atomic E-state index is 10.8. The zero-order valence-corrected chi connectivity index (χ0v) is 13.4. The van der Waals surface area contributed by atoms with Gasteiger partial charge in [0.2, 0.25) is 0 Å². The van der Waals surface area contributed by atoms with Gasteiger partial charge in [0.15, 0.2) is 0 Å². The highest BCUT2D eigenvalue weighted by Crippen LogP contribution is 2.42. The number of ether oxygens (including phenoxy) is 1. The van der Waals surface area contributed by atoms with Crippen LogP contribution in [0.1, 0.15) is 30.6 Å². The van der Waals surface area contributed by atoms with Gasteiger partial charge in [-0.25, -0.2) is 0 Å². The largest absolute Gasteiger partial charge is 0.496 e. The number of hydrogen-bond acceptors (Lipinski definition) is 4. The van der Waals surface area contributed by atoms with Crippen LogP contribution < -0.4 is 4.74 Å². The first kappa shape index (κ1) is 15.1. The Morgan fingerprint density at radius 2 is 2.11 bits per heavy atom. The van der Waals surface area contributed by atoms with Crippen LogP contribution in [-0.2, 0) is 0 Å². The molecule has 1 aromatic carbocycles. The number of benzene rings is 1. The molecule has 1 aliphatic heterocycles. The third kappa shape index (κ3) is 3.41. The van der Waals surface area contributed by atoms with Gasteiger partial charge in [-0.15, -0.1) is 0 Å². The minimum Gasteiger partial charge on any atom is -0.496 e. The SMILES string of the molecule is CCC1SCCSC1C(O)c1cc(C)ccc1OC. The predicted octanol–water partition coefficient (Wildman–Crippen LogP) is 3.66. The van der Waals surface area contributed by atoms with E-state index in [9.17, 15) is 5.11 Å². The number of aryl methyl sites for hydroxylation is 1. The summed E-state index contributed by atoms with van der Waals surface area (Å²) >= 11 is 3.89. The standard InChI is InChI=1S/C15H22O2S2/c1-4-13-15(19-8-7-18-13)14(16)11-9-10(2)5-6-12(11)17-3/h5-6,9,13-16H,4,7-8H2,1-3H3. The van der Waals surface area contributed by atoms with Crippen molar-refractivity contribution in [1.82, 2.24) is 0 Å². The molecule has 1 aromatic rings. The molecule has 0 aliphatic carbocycles. The summed E-state index contributed by atoms with van der Waals surface area (Å²) in [5, 5.41) is 11.6. The first-order chi connectivity index (χ1) is 9.17. The summed E-state index contributed by atoms with van der Waals surface area (Å²) in [5.41, 5.74) is 2.09. The second-order valence-corrected chi connectivity index (χ2v) is 7.48. The second kappa shape index (κ2) is 6.91. The Kier molecular flexibility index (Phi) is 5.48. The normalized spacial score (nSPS) is 25.1. The van der Waals surface area contributed by atoms with E-state index in [1.165, 1.54) is 5.75 Å². The lowest BCUT2D eigenvalue weighted by Crippen LogP contribution is -2.31. The van der Waals surface area contributed by atoms with Crippen LogP contribution in [0.5, 0.6) is 5.75 Å². The van der Waals surface area contributed by atoms with E-state index in [-0.39, 0.29) is 5.25 Å². The van der Waals surface area contributed by atoms with Gasteiger partial charge in [-0.2, -0.15) is 23.5 Å². The lowest BCUT2D eigenvalue weighted by molar-refractivity contribution is 0.168. The Morgan fingerprint density at radius 1 is 1.37 bits per heavy atom. The molecule has 4 heteroatoms. The van der Waals surface area contributed by atoms with Crippen molar-refractivity contribution in [3.63, 3.8) is 0 Å². The number of methoxy groups -OCH3 is 1. The smallest absolute Gasteiger partial charge is 0.124 e. The van der Waals surface area contributed by atoms with Gasteiger partial charge in [-0.05, 0) is 25.5 Å². The summed E-state index contributed by atoms with van der Waals surface area (Å²) < 4.78 is 5.41. The van der Waals surface area contributed by atoms with Crippen LogP contribution in [-0.4, -0.2) is 34.2 Å². The monoisotopic (exact) mass is 298 g/mol. The molecular weight excluding hydrogens is 276 g/mol. The Morgan fingerprint density at radius 3 is 2.79 bits per heavy atom. The van der Waals surface area contributed by atoms with Crippen LogP contribution >= 0.6 is 23.5 Å². The van der Waals surface area contributed by atoms with Gasteiger partial charge in [-0.1, -0.05) is 18.6 Å². The van der Waals surface area contributed by atoms with Crippen molar-refractivity contribution in [1.29, 1.82) is 0 Å². The van der Waals surface area contributed by atoms with Crippen molar-refractivity contribution in [2.24, 2.45) is 0 Å². The molecule has 1 heterocycles. The zero-order chi connectivity index (χ0) is 13.8. The van der Waals surface area contributed by atoms with Gasteiger partial charge in [0.1, 0.15) is 5.75 Å². The molecule has 3 unspecified atom stereocenters. The molecular formula is C15H22O2S2. The van der Waals surface area contributed by atoms with Crippen LogP contribution in [0.15, 0.2) is 18.2 Å². The molecule has 0 amide bonds. The Hall–Kier alpha value is -0.320. The second-order valence-electron chi connectivity index (χ2n) is 4.84. The molecule has 106 valence electrons. The molecule has 2 nitrogen and oxygen atoms in total. The van der Waals surface area contributed by atoms with Crippen LogP contribution in [0.4, 0.5) is 0 Å². The van der Waals surface area contributed by atoms with Crippen molar-refractivity contribution in [2.45, 2.75) is 36.9 Å². The van der Waals surface area contributed by atoms with Gasteiger partial charge in [-0.3, -0.25) is 0 Å². The van der Waals surface area contributed by atoms with Crippen molar-refractivity contribution >= 4 is 23.5 Å². The van der Waals surface area contributed by atoms with Gasteiger partial charge < -0.3 is 9.84 Å². The molecule has 1 aliphatic rings. The Bertz CT molecular complexity index is 423. The van der Waals surface area contributed by atoms with Crippen LogP contribution in [0.2, 0.25) is 0 Å². The van der Waals surface area contributed by atoms with Gasteiger partial charge in [0, 0.05) is 27.6 Å². The van der Waals surface area contributed by atoms with Crippen molar-refractivity contribution in [2.75, 3.05) is 18.6 Å². The number of hydrogen-bond donors (Lipinski definition) is 1. The molecule has 1 saturated heterocycles. The molecule has 0 bridgehead atoms. The quantitative estimate of drug-likeness (QED) is 0.918. The fourth-order valence-electron chi connectivity index (χ4n) is 2.49. The third-order valence-corrected chi connectivity index (χ3v) is 6.85. The van der Waals surface area contributed by atoms with Crippen molar-refractivity contribution < 1.29 is 9.84 Å².